The molecule has 5 aromatic rings. The van der Waals surface area contributed by atoms with Gasteiger partial charge in [0, 0.05) is 32.1 Å². The molecule has 198 valence electrons. The van der Waals surface area contributed by atoms with Crippen LogP contribution in [0, 0.1) is 13.8 Å². The zero-order valence-electron chi connectivity index (χ0n) is 22.0. The predicted octanol–water partition coefficient (Wildman–Crippen LogP) is 7.14. The van der Waals surface area contributed by atoms with Crippen molar-refractivity contribution in [2.45, 2.75) is 32.7 Å². The number of aromatic nitrogens is 2. The van der Waals surface area contributed by atoms with Crippen LogP contribution in [0.4, 0.5) is 0 Å². The summed E-state index contributed by atoms with van der Waals surface area (Å²) in [5.74, 6) is 0. The highest BCUT2D eigenvalue weighted by molar-refractivity contribution is 9.10. The molecule has 1 aliphatic carbocycles. The Balaban J connectivity index is 1.43. The Morgan fingerprint density at radius 1 is 1.00 bits per heavy atom. The van der Waals surface area contributed by atoms with Crippen LogP contribution in [-0.4, -0.2) is 9.13 Å². The molecule has 1 unspecified atom stereocenters. The van der Waals surface area contributed by atoms with E-state index < -0.39 is 0 Å². The summed E-state index contributed by atoms with van der Waals surface area (Å²) in [7, 11) is 0. The third-order valence-electron chi connectivity index (χ3n) is 7.90. The van der Waals surface area contributed by atoms with Crippen molar-refractivity contribution >= 4 is 50.6 Å². The molecule has 0 spiro atoms. The Labute approximate surface area is 249 Å². The number of hydrogen-bond acceptors (Lipinski definition) is 3. The third kappa shape index (κ3) is 4.17. The third-order valence-corrected chi connectivity index (χ3v) is 9.66. The van der Waals surface area contributed by atoms with E-state index in [1.54, 1.807) is 0 Å². The fourth-order valence-corrected chi connectivity index (χ4v) is 7.41. The summed E-state index contributed by atoms with van der Waals surface area (Å²) >= 11 is 11.2. The first-order chi connectivity index (χ1) is 19.4. The second-order valence-electron chi connectivity index (χ2n) is 10.3. The maximum atomic E-state index is 14.1. The Kier molecular flexibility index (Phi) is 6.30. The lowest BCUT2D eigenvalue weighted by molar-refractivity contribution is 0.585. The van der Waals surface area contributed by atoms with Crippen LogP contribution in [0.25, 0.3) is 17.5 Å². The zero-order valence-corrected chi connectivity index (χ0v) is 25.1. The van der Waals surface area contributed by atoms with Gasteiger partial charge in [0.25, 0.3) is 5.56 Å². The van der Waals surface area contributed by atoms with Gasteiger partial charge in [-0.15, -0.1) is 0 Å². The lowest BCUT2D eigenvalue weighted by atomic mass is 9.83. The van der Waals surface area contributed by atoms with Crippen molar-refractivity contribution in [1.29, 1.82) is 0 Å². The Hall–Kier alpha value is -3.45. The van der Waals surface area contributed by atoms with Crippen molar-refractivity contribution < 1.29 is 0 Å². The van der Waals surface area contributed by atoms with E-state index in [1.165, 1.54) is 28.0 Å². The van der Waals surface area contributed by atoms with Gasteiger partial charge >= 0.3 is 0 Å². The molecule has 0 saturated heterocycles. The number of nitrogens with zero attached hydrogens (tertiary/aromatic N) is 3. The molecule has 2 aliphatic rings. The van der Waals surface area contributed by atoms with Crippen molar-refractivity contribution in [3.05, 3.63) is 147 Å². The van der Waals surface area contributed by atoms with Crippen molar-refractivity contribution in [3.8, 4) is 5.69 Å². The topological polar surface area (TPSA) is 39.3 Å². The number of fused-ring (bicyclic) bond motifs is 3. The normalized spacial score (nSPS) is 16.4. The number of thiazole rings is 1. The van der Waals surface area contributed by atoms with Crippen molar-refractivity contribution in [1.82, 2.24) is 9.13 Å². The van der Waals surface area contributed by atoms with Crippen LogP contribution in [0.15, 0.2) is 98.7 Å². The highest BCUT2D eigenvalue weighted by atomic mass is 79.9. The van der Waals surface area contributed by atoms with Gasteiger partial charge in [0.1, 0.15) is 0 Å². The molecule has 0 radical (unpaired) electrons. The van der Waals surface area contributed by atoms with Gasteiger partial charge < -0.3 is 4.57 Å². The molecule has 0 amide bonds. The molecule has 1 atom stereocenters. The molecule has 0 N–H and O–H groups in total. The Morgan fingerprint density at radius 3 is 2.52 bits per heavy atom. The lowest BCUT2D eigenvalue weighted by Gasteiger charge is -2.30. The summed E-state index contributed by atoms with van der Waals surface area (Å²) in [5, 5.41) is 0.707. The quantitative estimate of drug-likeness (QED) is 0.210. The van der Waals surface area contributed by atoms with E-state index in [9.17, 15) is 4.79 Å². The number of rotatable bonds is 3. The lowest BCUT2D eigenvalue weighted by Crippen LogP contribution is -2.38. The zero-order chi connectivity index (χ0) is 27.5. The molecule has 7 heteroatoms. The Bertz CT molecular complexity index is 2010. The van der Waals surface area contributed by atoms with Crippen molar-refractivity contribution in [3.63, 3.8) is 0 Å². The number of halogens is 2. The van der Waals surface area contributed by atoms with Crippen LogP contribution in [0.2, 0.25) is 5.02 Å². The van der Waals surface area contributed by atoms with Crippen LogP contribution in [0.1, 0.15) is 46.1 Å². The number of aryl methyl sites for hydroxylation is 2. The molecule has 3 heterocycles. The smallest absolute Gasteiger partial charge is 0.271 e. The summed E-state index contributed by atoms with van der Waals surface area (Å²) in [5.41, 5.74) is 10.0. The van der Waals surface area contributed by atoms with Gasteiger partial charge in [-0.05, 0) is 97.5 Å². The maximum Gasteiger partial charge on any atom is 0.271 e. The fraction of sp³-hybridized carbons (Fsp3) is 0.152. The van der Waals surface area contributed by atoms with Crippen LogP contribution in [0.5, 0.6) is 0 Å². The molecular weight excluding hydrogens is 602 g/mol. The van der Waals surface area contributed by atoms with Crippen molar-refractivity contribution in [2.24, 2.45) is 4.99 Å². The van der Waals surface area contributed by atoms with E-state index in [2.05, 4.69) is 76.8 Å². The highest BCUT2D eigenvalue weighted by Crippen LogP contribution is 2.41. The largest absolute Gasteiger partial charge is 0.318 e. The molecule has 0 saturated carbocycles. The first-order valence-corrected chi connectivity index (χ1v) is 15.2. The highest BCUT2D eigenvalue weighted by Gasteiger charge is 2.32. The second-order valence-corrected chi connectivity index (χ2v) is 12.7. The molecule has 3 aromatic carbocycles. The Morgan fingerprint density at radius 2 is 1.75 bits per heavy atom. The maximum absolute atomic E-state index is 14.1. The summed E-state index contributed by atoms with van der Waals surface area (Å²) in [6.45, 7) is 4.17. The first-order valence-electron chi connectivity index (χ1n) is 13.2. The van der Waals surface area contributed by atoms with Gasteiger partial charge in [0.2, 0.25) is 0 Å². The van der Waals surface area contributed by atoms with Gasteiger partial charge in [0.05, 0.1) is 16.3 Å². The van der Waals surface area contributed by atoms with Crippen LogP contribution in [-0.2, 0) is 6.42 Å². The second kappa shape index (κ2) is 9.88. The standard InChI is InChI=1S/C33H25BrClN3OS/c1-19-17-23(20(2)37(19)26-14-12-25(35)13-15-26)18-29-32(39)38-31(22-7-10-24(34)11-8-22)28-16-9-21-5-3-4-6-27(21)30(28)36-33(38)40-29/h3-8,10-15,17-18,31H,9,16H2,1-2H3. The molecular formula is C33H25BrClN3OS. The molecule has 0 fully saturated rings. The van der Waals surface area contributed by atoms with E-state index in [-0.39, 0.29) is 11.6 Å². The van der Waals surface area contributed by atoms with E-state index in [0.29, 0.717) is 9.55 Å². The molecule has 2 aromatic heterocycles. The van der Waals surface area contributed by atoms with Crippen molar-refractivity contribution in [2.75, 3.05) is 0 Å². The van der Waals surface area contributed by atoms with Gasteiger partial charge in [-0.3, -0.25) is 9.36 Å². The average molecular weight is 627 g/mol. The van der Waals surface area contributed by atoms with Crippen LogP contribution < -0.4 is 14.9 Å². The molecule has 4 nitrogen and oxygen atoms in total. The molecule has 40 heavy (non-hydrogen) atoms. The minimum Gasteiger partial charge on any atom is -0.318 e. The summed E-state index contributed by atoms with van der Waals surface area (Å²) < 4.78 is 5.80. The summed E-state index contributed by atoms with van der Waals surface area (Å²) in [4.78, 5) is 20.0. The van der Waals surface area contributed by atoms with Gasteiger partial charge in [-0.2, -0.15) is 0 Å². The van der Waals surface area contributed by atoms with E-state index >= 15 is 0 Å². The monoisotopic (exact) mass is 625 g/mol. The van der Waals surface area contributed by atoms with Crippen LogP contribution >= 0.6 is 38.9 Å². The minimum atomic E-state index is -0.184. The van der Waals surface area contributed by atoms with E-state index in [4.69, 9.17) is 16.6 Å². The van der Waals surface area contributed by atoms with Gasteiger partial charge in [0.15, 0.2) is 4.80 Å². The minimum absolute atomic E-state index is 0.00151. The number of allylic oxidation sites excluding steroid dienone is 1. The van der Waals surface area contributed by atoms with Gasteiger partial charge in [-0.1, -0.05) is 75.3 Å². The van der Waals surface area contributed by atoms with Crippen LogP contribution in [0.3, 0.4) is 0 Å². The fourth-order valence-electron chi connectivity index (χ4n) is 6.03. The first kappa shape index (κ1) is 25.5. The molecule has 7 rings (SSSR count). The average Bonchev–Trinajstić information content (AvgIpc) is 3.42. The van der Waals surface area contributed by atoms with E-state index in [0.717, 1.165) is 56.0 Å². The van der Waals surface area contributed by atoms with Gasteiger partial charge in [-0.25, -0.2) is 4.99 Å². The number of hydrogen-bond donors (Lipinski definition) is 0. The summed E-state index contributed by atoms with van der Waals surface area (Å²) in [6, 6.07) is 26.6. The predicted molar refractivity (Wildman–Crippen MR) is 167 cm³/mol. The summed E-state index contributed by atoms with van der Waals surface area (Å²) in [6.07, 6.45) is 3.84. The molecule has 0 bridgehead atoms. The SMILES string of the molecule is Cc1cc(C=c2sc3n(c2=O)C(c2ccc(Br)cc2)C2=C(N=3)c3ccccc3CC2)c(C)n1-c1ccc(Cl)cc1. The van der Waals surface area contributed by atoms with E-state index in [1.807, 2.05) is 47.0 Å². The molecule has 1 aliphatic heterocycles. The number of benzene rings is 3.